The molecule has 120 valence electrons. The van der Waals surface area contributed by atoms with Crippen LogP contribution >= 0.6 is 11.3 Å². The molecular formula is C15H15N3O4S. The fraction of sp³-hybridized carbons (Fsp3) is 0.267. The molecule has 1 aromatic carbocycles. The molecule has 23 heavy (non-hydrogen) atoms. The van der Waals surface area contributed by atoms with Gasteiger partial charge in [-0.25, -0.2) is 4.98 Å². The van der Waals surface area contributed by atoms with Crippen molar-refractivity contribution in [1.82, 2.24) is 10.3 Å². The Morgan fingerprint density at radius 3 is 2.78 bits per heavy atom. The minimum atomic E-state index is -0.357. The molecule has 0 radical (unpaired) electrons. The molecule has 2 heterocycles. The topological polar surface area (TPSA) is 89.6 Å². The number of rotatable bonds is 4. The number of nitrogens with zero attached hydrogens (tertiary/aromatic N) is 1. The van der Waals surface area contributed by atoms with Gasteiger partial charge in [-0.15, -0.1) is 11.3 Å². The number of fused-ring (bicyclic) bond motifs is 1. The molecule has 0 unspecified atom stereocenters. The Balaban J connectivity index is 1.55. The Morgan fingerprint density at radius 2 is 2.04 bits per heavy atom. The van der Waals surface area contributed by atoms with Crippen molar-refractivity contribution in [3.8, 4) is 11.5 Å². The molecule has 0 saturated heterocycles. The zero-order valence-corrected chi connectivity index (χ0v) is 13.5. The summed E-state index contributed by atoms with van der Waals surface area (Å²) in [5.74, 6) is 0.447. The zero-order chi connectivity index (χ0) is 16.4. The highest BCUT2D eigenvalue weighted by molar-refractivity contribution is 7.15. The van der Waals surface area contributed by atoms with Gasteiger partial charge in [0.15, 0.2) is 16.6 Å². The first-order valence-electron chi connectivity index (χ1n) is 6.94. The molecule has 0 bridgehead atoms. The molecule has 7 nitrogen and oxygen atoms in total. The van der Waals surface area contributed by atoms with Gasteiger partial charge in [0.1, 0.15) is 0 Å². The Bertz CT molecular complexity index is 753. The largest absolute Gasteiger partial charge is 0.454 e. The lowest BCUT2D eigenvalue weighted by Crippen LogP contribution is -2.32. The number of thiazole rings is 1. The van der Waals surface area contributed by atoms with Gasteiger partial charge in [0.2, 0.25) is 12.7 Å². The summed E-state index contributed by atoms with van der Waals surface area (Å²) in [6, 6.07) is 4.87. The van der Waals surface area contributed by atoms with E-state index in [0.29, 0.717) is 22.2 Å². The predicted octanol–water partition coefficient (Wildman–Crippen LogP) is 1.86. The summed E-state index contributed by atoms with van der Waals surface area (Å²) in [6.45, 7) is 3.83. The van der Waals surface area contributed by atoms with Gasteiger partial charge in [0, 0.05) is 10.4 Å². The van der Waals surface area contributed by atoms with Gasteiger partial charge in [-0.2, -0.15) is 0 Å². The second-order valence-corrected chi connectivity index (χ2v) is 6.16. The van der Waals surface area contributed by atoms with Crippen LogP contribution in [0.1, 0.15) is 20.9 Å². The molecule has 0 fully saturated rings. The van der Waals surface area contributed by atoms with Crippen LogP contribution in [0.3, 0.4) is 0 Å². The molecule has 1 aliphatic heterocycles. The van der Waals surface area contributed by atoms with Crippen molar-refractivity contribution in [1.29, 1.82) is 0 Å². The minimum Gasteiger partial charge on any atom is -0.454 e. The first kappa shape index (κ1) is 15.3. The minimum absolute atomic E-state index is 0.134. The van der Waals surface area contributed by atoms with Crippen LogP contribution in [-0.2, 0) is 4.79 Å². The van der Waals surface area contributed by atoms with Crippen LogP contribution < -0.4 is 20.1 Å². The molecule has 1 aliphatic rings. The fourth-order valence-electron chi connectivity index (χ4n) is 1.99. The number of anilines is 1. The van der Waals surface area contributed by atoms with E-state index < -0.39 is 0 Å². The molecule has 1 aromatic heterocycles. The van der Waals surface area contributed by atoms with Gasteiger partial charge in [0.25, 0.3) is 5.91 Å². The van der Waals surface area contributed by atoms with Crippen LogP contribution in [0.5, 0.6) is 11.5 Å². The highest BCUT2D eigenvalue weighted by Crippen LogP contribution is 2.32. The maximum Gasteiger partial charge on any atom is 0.251 e. The smallest absolute Gasteiger partial charge is 0.251 e. The lowest BCUT2D eigenvalue weighted by atomic mass is 10.2. The number of hydrogen-bond donors (Lipinski definition) is 2. The van der Waals surface area contributed by atoms with Gasteiger partial charge in [-0.1, -0.05) is 0 Å². The van der Waals surface area contributed by atoms with Crippen LogP contribution in [0.15, 0.2) is 18.2 Å². The molecule has 2 amide bonds. The zero-order valence-electron chi connectivity index (χ0n) is 12.6. The molecule has 0 aliphatic carbocycles. The monoisotopic (exact) mass is 333 g/mol. The highest BCUT2D eigenvalue weighted by atomic mass is 32.1. The van der Waals surface area contributed by atoms with Crippen LogP contribution in [-0.4, -0.2) is 30.1 Å². The van der Waals surface area contributed by atoms with Crippen LogP contribution in [0.2, 0.25) is 0 Å². The number of nitrogens with one attached hydrogen (secondary N) is 2. The molecule has 0 saturated carbocycles. The number of hydrogen-bond acceptors (Lipinski definition) is 6. The maximum absolute atomic E-state index is 12.1. The standard InChI is InChI=1S/C15H15N3O4S/c1-8-9(2)23-15(17-8)18-13(19)6-16-14(20)10-3-4-11-12(5-10)22-7-21-11/h3-5H,6-7H2,1-2H3,(H,16,20)(H,17,18,19). The first-order valence-corrected chi connectivity index (χ1v) is 7.76. The fourth-order valence-corrected chi connectivity index (χ4v) is 2.82. The quantitative estimate of drug-likeness (QED) is 0.891. The van der Waals surface area contributed by atoms with Crippen molar-refractivity contribution < 1.29 is 19.1 Å². The van der Waals surface area contributed by atoms with Gasteiger partial charge in [-0.05, 0) is 32.0 Å². The van der Waals surface area contributed by atoms with Gasteiger partial charge < -0.3 is 20.1 Å². The third-order valence-electron chi connectivity index (χ3n) is 3.32. The van der Waals surface area contributed by atoms with Crippen molar-refractivity contribution >= 4 is 28.3 Å². The normalized spacial score (nSPS) is 12.1. The third-order valence-corrected chi connectivity index (χ3v) is 4.31. The Hall–Kier alpha value is -2.61. The van der Waals surface area contributed by atoms with Gasteiger partial charge in [-0.3, -0.25) is 9.59 Å². The number of aromatic nitrogens is 1. The highest BCUT2D eigenvalue weighted by Gasteiger charge is 2.16. The number of carbonyl (C=O) groups excluding carboxylic acids is 2. The van der Waals surface area contributed by atoms with E-state index in [9.17, 15) is 9.59 Å². The van der Waals surface area contributed by atoms with Crippen LogP contribution in [0.25, 0.3) is 0 Å². The average molecular weight is 333 g/mol. The number of ether oxygens (including phenoxy) is 2. The number of benzene rings is 1. The van der Waals surface area contributed by atoms with Crippen molar-refractivity contribution in [2.75, 3.05) is 18.7 Å². The third kappa shape index (κ3) is 3.42. The van der Waals surface area contributed by atoms with E-state index >= 15 is 0 Å². The number of aryl methyl sites for hydroxylation is 2. The second-order valence-electron chi connectivity index (χ2n) is 4.96. The van der Waals surface area contributed by atoms with E-state index in [1.165, 1.54) is 11.3 Å². The number of carbonyl (C=O) groups is 2. The molecule has 0 atom stereocenters. The van der Waals surface area contributed by atoms with E-state index in [4.69, 9.17) is 9.47 Å². The summed E-state index contributed by atoms with van der Waals surface area (Å²) in [6.07, 6.45) is 0. The van der Waals surface area contributed by atoms with Gasteiger partial charge in [0.05, 0.1) is 12.2 Å². The number of amides is 2. The Kier molecular flexibility index (Phi) is 4.16. The van der Waals surface area contributed by atoms with Crippen molar-refractivity contribution in [2.45, 2.75) is 13.8 Å². The average Bonchev–Trinajstić information content (AvgIpc) is 3.11. The molecule has 8 heteroatoms. The molecule has 2 N–H and O–H groups in total. The Labute approximate surface area is 136 Å². The first-order chi connectivity index (χ1) is 11.0. The van der Waals surface area contributed by atoms with Crippen LogP contribution in [0.4, 0.5) is 5.13 Å². The van der Waals surface area contributed by atoms with Crippen molar-refractivity contribution in [2.24, 2.45) is 0 Å². The second kappa shape index (κ2) is 6.25. The van der Waals surface area contributed by atoms with E-state index in [-0.39, 0.29) is 25.2 Å². The summed E-state index contributed by atoms with van der Waals surface area (Å²) < 4.78 is 10.4. The molecular weight excluding hydrogens is 318 g/mol. The van der Waals surface area contributed by atoms with Crippen molar-refractivity contribution in [3.05, 3.63) is 34.3 Å². The lowest BCUT2D eigenvalue weighted by molar-refractivity contribution is -0.115. The van der Waals surface area contributed by atoms with Crippen LogP contribution in [0, 0.1) is 13.8 Å². The van der Waals surface area contributed by atoms with E-state index in [2.05, 4.69) is 15.6 Å². The van der Waals surface area contributed by atoms with Crippen molar-refractivity contribution in [3.63, 3.8) is 0 Å². The molecule has 0 spiro atoms. The van der Waals surface area contributed by atoms with E-state index in [1.807, 2.05) is 13.8 Å². The summed E-state index contributed by atoms with van der Waals surface area (Å²) in [5, 5.41) is 5.75. The summed E-state index contributed by atoms with van der Waals surface area (Å²) in [7, 11) is 0. The lowest BCUT2D eigenvalue weighted by Gasteiger charge is -2.06. The maximum atomic E-state index is 12.1. The van der Waals surface area contributed by atoms with E-state index in [1.54, 1.807) is 18.2 Å². The summed E-state index contributed by atoms with van der Waals surface area (Å²) in [5.41, 5.74) is 1.29. The molecule has 2 aromatic rings. The SMILES string of the molecule is Cc1nc(NC(=O)CNC(=O)c2ccc3c(c2)OCO3)sc1C. The molecule has 3 rings (SSSR count). The van der Waals surface area contributed by atoms with Gasteiger partial charge >= 0.3 is 0 Å². The predicted molar refractivity (Wildman–Crippen MR) is 85.1 cm³/mol. The Morgan fingerprint density at radius 1 is 1.26 bits per heavy atom. The summed E-state index contributed by atoms with van der Waals surface area (Å²) >= 11 is 1.40. The summed E-state index contributed by atoms with van der Waals surface area (Å²) in [4.78, 5) is 29.2. The van der Waals surface area contributed by atoms with E-state index in [0.717, 1.165) is 10.6 Å².